The number of likely N-dealkylation sites (tertiary alicyclic amines) is 1. The van der Waals surface area contributed by atoms with Gasteiger partial charge in [0.05, 0.1) is 29.5 Å². The van der Waals surface area contributed by atoms with Gasteiger partial charge < -0.3 is 20.3 Å². The number of hydrogen-bond donors (Lipinski definition) is 2. The molecule has 2 amide bonds. The molecule has 3 aliphatic heterocycles. The molecule has 1 atom stereocenters. The van der Waals surface area contributed by atoms with Crippen LogP contribution in [-0.2, 0) is 11.3 Å². The standard InChI is InChI=1S/C22H26ClN5O3/c1-3-28-14(2)17(11-24-28)20(30)27-8-6-21(7-9-27)12-22(13-31-21)25-18-5-4-15(23)10-16(18)19(29)26-22/h4-5,10-11,25H,3,6-9,12-13H2,1-2H3,(H,26,29). The van der Waals surface area contributed by atoms with Gasteiger partial charge in [-0.05, 0) is 44.9 Å². The number of hydrogen-bond acceptors (Lipinski definition) is 5. The van der Waals surface area contributed by atoms with Crippen LogP contribution in [0.3, 0.4) is 0 Å². The van der Waals surface area contributed by atoms with Crippen molar-refractivity contribution in [1.29, 1.82) is 0 Å². The van der Waals surface area contributed by atoms with Crippen LogP contribution in [0.25, 0.3) is 0 Å². The summed E-state index contributed by atoms with van der Waals surface area (Å²) in [5, 5.41) is 11.4. The van der Waals surface area contributed by atoms with Gasteiger partial charge in [-0.1, -0.05) is 11.6 Å². The lowest BCUT2D eigenvalue weighted by Crippen LogP contribution is -2.59. The number of ether oxygens (including phenoxy) is 1. The van der Waals surface area contributed by atoms with Crippen molar-refractivity contribution < 1.29 is 14.3 Å². The fourth-order valence-corrected chi connectivity index (χ4v) is 5.23. The van der Waals surface area contributed by atoms with Gasteiger partial charge in [-0.15, -0.1) is 0 Å². The van der Waals surface area contributed by atoms with Crippen LogP contribution >= 0.6 is 11.6 Å². The molecule has 3 aliphatic rings. The Morgan fingerprint density at radius 3 is 2.77 bits per heavy atom. The lowest BCUT2D eigenvalue weighted by Gasteiger charge is -2.41. The van der Waals surface area contributed by atoms with E-state index in [1.165, 1.54) is 0 Å². The molecule has 0 aliphatic carbocycles. The van der Waals surface area contributed by atoms with Gasteiger partial charge in [-0.2, -0.15) is 5.10 Å². The number of aromatic nitrogens is 2. The third-order valence-corrected chi connectivity index (χ3v) is 7.03. The average Bonchev–Trinajstić information content (AvgIpc) is 3.29. The molecular formula is C22H26ClN5O3. The number of nitrogens with zero attached hydrogens (tertiary/aromatic N) is 3. The number of anilines is 1. The summed E-state index contributed by atoms with van der Waals surface area (Å²) < 4.78 is 8.12. The molecule has 2 aromatic rings. The molecule has 2 spiro atoms. The summed E-state index contributed by atoms with van der Waals surface area (Å²) >= 11 is 6.04. The van der Waals surface area contributed by atoms with E-state index in [-0.39, 0.29) is 17.4 Å². The van der Waals surface area contributed by atoms with E-state index in [1.807, 2.05) is 29.5 Å². The van der Waals surface area contributed by atoms with Crippen molar-refractivity contribution in [3.05, 3.63) is 46.2 Å². The molecule has 4 heterocycles. The fraction of sp³-hybridized carbons (Fsp3) is 0.500. The Hall–Kier alpha value is -2.58. The van der Waals surface area contributed by atoms with Gasteiger partial charge in [0.15, 0.2) is 0 Å². The highest BCUT2D eigenvalue weighted by Crippen LogP contribution is 2.43. The van der Waals surface area contributed by atoms with Crippen molar-refractivity contribution in [2.75, 3.05) is 25.0 Å². The fourth-order valence-electron chi connectivity index (χ4n) is 5.06. The maximum atomic E-state index is 13.0. The largest absolute Gasteiger partial charge is 0.370 e. The Kier molecular flexibility index (Phi) is 4.75. The summed E-state index contributed by atoms with van der Waals surface area (Å²) in [7, 11) is 0. The molecule has 0 saturated carbocycles. The number of nitrogens with one attached hydrogen (secondary N) is 2. The molecule has 2 N–H and O–H groups in total. The lowest BCUT2D eigenvalue weighted by atomic mass is 9.84. The van der Waals surface area contributed by atoms with Crippen molar-refractivity contribution in [2.24, 2.45) is 0 Å². The summed E-state index contributed by atoms with van der Waals surface area (Å²) in [5.41, 5.74) is 1.88. The van der Waals surface area contributed by atoms with Crippen molar-refractivity contribution in [2.45, 2.75) is 50.9 Å². The molecule has 164 valence electrons. The number of carbonyl (C=O) groups is 2. The molecular weight excluding hydrogens is 418 g/mol. The number of benzene rings is 1. The van der Waals surface area contributed by atoms with Crippen LogP contribution in [0.15, 0.2) is 24.4 Å². The minimum atomic E-state index is -0.636. The zero-order valence-corrected chi connectivity index (χ0v) is 18.5. The Bertz CT molecular complexity index is 1060. The monoisotopic (exact) mass is 443 g/mol. The average molecular weight is 444 g/mol. The van der Waals surface area contributed by atoms with Crippen LogP contribution < -0.4 is 10.6 Å². The first-order valence-electron chi connectivity index (χ1n) is 10.7. The zero-order chi connectivity index (χ0) is 21.8. The van der Waals surface area contributed by atoms with E-state index in [2.05, 4.69) is 15.7 Å². The van der Waals surface area contributed by atoms with E-state index in [4.69, 9.17) is 16.3 Å². The number of halogens is 1. The van der Waals surface area contributed by atoms with Crippen LogP contribution in [0.4, 0.5) is 5.69 Å². The second-order valence-corrected chi connectivity index (χ2v) is 9.19. The number of piperidine rings is 1. The van der Waals surface area contributed by atoms with Gasteiger partial charge in [-0.3, -0.25) is 14.3 Å². The Balaban J connectivity index is 1.28. The van der Waals surface area contributed by atoms with Crippen LogP contribution in [0.1, 0.15) is 52.6 Å². The van der Waals surface area contributed by atoms with Gasteiger partial charge in [0.25, 0.3) is 11.8 Å². The molecule has 5 rings (SSSR count). The number of amides is 2. The highest BCUT2D eigenvalue weighted by Gasteiger charge is 2.53. The van der Waals surface area contributed by atoms with Gasteiger partial charge in [0.2, 0.25) is 0 Å². The highest BCUT2D eigenvalue weighted by molar-refractivity contribution is 6.31. The summed E-state index contributed by atoms with van der Waals surface area (Å²) in [4.78, 5) is 27.6. The van der Waals surface area contributed by atoms with Gasteiger partial charge in [0.1, 0.15) is 5.66 Å². The first kappa shape index (κ1) is 20.3. The summed E-state index contributed by atoms with van der Waals surface area (Å²) in [6.07, 6.45) is 3.78. The minimum Gasteiger partial charge on any atom is -0.370 e. The predicted molar refractivity (Wildman–Crippen MR) is 116 cm³/mol. The minimum absolute atomic E-state index is 0.0228. The number of carbonyl (C=O) groups excluding carboxylic acids is 2. The molecule has 1 aromatic heterocycles. The number of fused-ring (bicyclic) bond motifs is 1. The van der Waals surface area contributed by atoms with Crippen molar-refractivity contribution in [3.8, 4) is 0 Å². The van der Waals surface area contributed by atoms with E-state index in [9.17, 15) is 9.59 Å². The van der Waals surface area contributed by atoms with E-state index in [0.717, 1.165) is 30.8 Å². The van der Waals surface area contributed by atoms with Crippen LogP contribution in [-0.4, -0.2) is 57.5 Å². The first-order valence-corrected chi connectivity index (χ1v) is 11.1. The molecule has 2 saturated heterocycles. The molecule has 9 heteroatoms. The quantitative estimate of drug-likeness (QED) is 0.745. The second kappa shape index (κ2) is 7.24. The lowest BCUT2D eigenvalue weighted by molar-refractivity contribution is -0.0393. The number of rotatable bonds is 2. The molecule has 2 fully saturated rings. The zero-order valence-electron chi connectivity index (χ0n) is 17.7. The Morgan fingerprint density at radius 2 is 2.06 bits per heavy atom. The molecule has 0 bridgehead atoms. The van der Waals surface area contributed by atoms with Gasteiger partial charge in [0, 0.05) is 42.5 Å². The van der Waals surface area contributed by atoms with Crippen molar-refractivity contribution in [1.82, 2.24) is 20.0 Å². The Morgan fingerprint density at radius 1 is 1.29 bits per heavy atom. The van der Waals surface area contributed by atoms with E-state index < -0.39 is 5.66 Å². The smallest absolute Gasteiger partial charge is 0.257 e. The molecule has 31 heavy (non-hydrogen) atoms. The first-order chi connectivity index (χ1) is 14.8. The maximum absolute atomic E-state index is 13.0. The van der Waals surface area contributed by atoms with Crippen LogP contribution in [0.2, 0.25) is 5.02 Å². The highest BCUT2D eigenvalue weighted by atomic mass is 35.5. The molecule has 1 unspecified atom stereocenters. The van der Waals surface area contributed by atoms with Gasteiger partial charge >= 0.3 is 0 Å². The normalized spacial score (nSPS) is 24.2. The third-order valence-electron chi connectivity index (χ3n) is 6.80. The molecule has 8 nitrogen and oxygen atoms in total. The topological polar surface area (TPSA) is 88.5 Å². The van der Waals surface area contributed by atoms with Crippen LogP contribution in [0.5, 0.6) is 0 Å². The van der Waals surface area contributed by atoms with E-state index >= 15 is 0 Å². The number of aryl methyl sites for hydroxylation is 1. The van der Waals surface area contributed by atoms with E-state index in [1.54, 1.807) is 18.3 Å². The Labute approximate surface area is 185 Å². The van der Waals surface area contributed by atoms with Crippen molar-refractivity contribution >= 4 is 29.1 Å². The second-order valence-electron chi connectivity index (χ2n) is 8.75. The molecule has 1 aromatic carbocycles. The third kappa shape index (κ3) is 3.38. The summed E-state index contributed by atoms with van der Waals surface area (Å²) in [6, 6.07) is 5.28. The SMILES string of the molecule is CCn1ncc(C(=O)N2CCC3(CC2)CC2(CO3)NC(=O)c3cc(Cl)ccc3N2)c1C. The summed E-state index contributed by atoms with van der Waals surface area (Å²) in [6.45, 7) is 6.31. The summed E-state index contributed by atoms with van der Waals surface area (Å²) in [5.74, 6) is -0.123. The van der Waals surface area contributed by atoms with Crippen LogP contribution in [0, 0.1) is 6.92 Å². The molecule has 0 radical (unpaired) electrons. The predicted octanol–water partition coefficient (Wildman–Crippen LogP) is 2.81. The van der Waals surface area contributed by atoms with Crippen molar-refractivity contribution in [3.63, 3.8) is 0 Å². The van der Waals surface area contributed by atoms with Gasteiger partial charge in [-0.25, -0.2) is 0 Å². The van der Waals surface area contributed by atoms with E-state index in [0.29, 0.717) is 42.3 Å². The maximum Gasteiger partial charge on any atom is 0.257 e.